The number of hydrogen-bond donors (Lipinski definition) is 1. The number of carbonyl (C=O) groups excluding carboxylic acids is 2. The van der Waals surface area contributed by atoms with Gasteiger partial charge in [-0.2, -0.15) is 9.67 Å². The maximum Gasteiger partial charge on any atom is 0.293 e. The molecule has 1 aliphatic rings. The molecule has 0 atom stereocenters. The topological polar surface area (TPSA) is 103 Å². The van der Waals surface area contributed by atoms with Gasteiger partial charge in [-0.25, -0.2) is 0 Å². The van der Waals surface area contributed by atoms with Crippen molar-refractivity contribution in [3.63, 3.8) is 0 Å². The summed E-state index contributed by atoms with van der Waals surface area (Å²) in [6, 6.07) is 6.27. The summed E-state index contributed by atoms with van der Waals surface area (Å²) in [6.45, 7) is 1.84. The lowest BCUT2D eigenvalue weighted by Crippen LogP contribution is -2.41. The van der Waals surface area contributed by atoms with Crippen molar-refractivity contribution in [2.75, 3.05) is 32.0 Å². The average molecular weight is 336 g/mol. The predicted molar refractivity (Wildman–Crippen MR) is 82.3 cm³/mol. The molecule has 120 valence electrons. The Balaban J connectivity index is 1.84. The molecule has 2 aromatic rings. The number of nitrogens with two attached hydrogens (primary N) is 1. The third-order valence-electron chi connectivity index (χ3n) is 3.41. The fourth-order valence-electron chi connectivity index (χ4n) is 2.19. The highest BCUT2D eigenvalue weighted by Crippen LogP contribution is 2.13. The molecule has 0 spiro atoms. The van der Waals surface area contributed by atoms with Gasteiger partial charge >= 0.3 is 0 Å². The molecule has 1 amide bonds. The zero-order chi connectivity index (χ0) is 16.4. The van der Waals surface area contributed by atoms with Gasteiger partial charge in [0.1, 0.15) is 0 Å². The molecule has 1 aliphatic heterocycles. The van der Waals surface area contributed by atoms with Gasteiger partial charge in [0.05, 0.1) is 13.2 Å². The summed E-state index contributed by atoms with van der Waals surface area (Å²) in [5.74, 6) is -1.09. The van der Waals surface area contributed by atoms with E-state index in [1.54, 1.807) is 29.2 Å². The highest BCUT2D eigenvalue weighted by atomic mass is 35.5. The number of anilines is 1. The molecule has 2 N–H and O–H groups in total. The summed E-state index contributed by atoms with van der Waals surface area (Å²) in [5.41, 5.74) is 6.07. The number of carbonyl (C=O) groups is 2. The monoisotopic (exact) mass is 335 g/mol. The van der Waals surface area contributed by atoms with E-state index in [0.29, 0.717) is 36.9 Å². The Morgan fingerprint density at radius 2 is 1.78 bits per heavy atom. The summed E-state index contributed by atoms with van der Waals surface area (Å²) in [6.07, 6.45) is 0. The molecule has 2 heterocycles. The summed E-state index contributed by atoms with van der Waals surface area (Å²) in [5, 5.41) is 4.46. The Morgan fingerprint density at radius 1 is 1.13 bits per heavy atom. The van der Waals surface area contributed by atoms with Crippen molar-refractivity contribution in [2.45, 2.75) is 0 Å². The van der Waals surface area contributed by atoms with Crippen LogP contribution in [-0.4, -0.2) is 57.8 Å². The molecule has 9 heteroatoms. The Labute approximate surface area is 136 Å². The quantitative estimate of drug-likeness (QED) is 0.865. The van der Waals surface area contributed by atoms with Crippen LogP contribution in [-0.2, 0) is 4.74 Å². The largest absolute Gasteiger partial charge is 0.378 e. The minimum absolute atomic E-state index is 0.105. The van der Waals surface area contributed by atoms with Crippen LogP contribution in [0.1, 0.15) is 21.0 Å². The van der Waals surface area contributed by atoms with Gasteiger partial charge in [0.2, 0.25) is 11.8 Å². The Bertz CT molecular complexity index is 737. The fourth-order valence-corrected chi connectivity index (χ4v) is 2.31. The van der Waals surface area contributed by atoms with Crippen LogP contribution in [0.2, 0.25) is 5.02 Å². The van der Waals surface area contributed by atoms with Crippen molar-refractivity contribution < 1.29 is 14.3 Å². The maximum atomic E-state index is 12.4. The minimum atomic E-state index is -0.479. The molecule has 1 aromatic carbocycles. The number of halogens is 1. The smallest absolute Gasteiger partial charge is 0.293 e. The van der Waals surface area contributed by atoms with Gasteiger partial charge in [-0.15, -0.1) is 5.10 Å². The van der Waals surface area contributed by atoms with E-state index in [1.807, 2.05) is 0 Å². The van der Waals surface area contributed by atoms with Crippen LogP contribution in [0.4, 0.5) is 5.95 Å². The van der Waals surface area contributed by atoms with E-state index in [1.165, 1.54) is 0 Å². The van der Waals surface area contributed by atoms with Crippen molar-refractivity contribution in [1.82, 2.24) is 19.7 Å². The van der Waals surface area contributed by atoms with E-state index in [0.717, 1.165) is 4.68 Å². The fraction of sp³-hybridized carbons (Fsp3) is 0.286. The molecule has 0 unspecified atom stereocenters. The molecule has 0 bridgehead atoms. The number of nitrogen functional groups attached to an aromatic ring is 1. The molecule has 3 rings (SSSR count). The van der Waals surface area contributed by atoms with Gasteiger partial charge in [-0.3, -0.25) is 9.59 Å². The average Bonchev–Trinajstić information content (AvgIpc) is 2.97. The van der Waals surface area contributed by atoms with E-state index in [4.69, 9.17) is 22.1 Å². The van der Waals surface area contributed by atoms with Gasteiger partial charge in [-0.05, 0) is 24.3 Å². The number of rotatable bonds is 2. The molecule has 0 saturated carbocycles. The third-order valence-corrected chi connectivity index (χ3v) is 3.66. The number of aromatic nitrogens is 3. The van der Waals surface area contributed by atoms with Gasteiger partial charge in [-0.1, -0.05) is 11.6 Å². The van der Waals surface area contributed by atoms with Crippen molar-refractivity contribution in [3.8, 4) is 0 Å². The Hall–Kier alpha value is -2.45. The number of morpholine rings is 1. The van der Waals surface area contributed by atoms with Gasteiger partial charge in [0, 0.05) is 23.7 Å². The van der Waals surface area contributed by atoms with E-state index in [-0.39, 0.29) is 17.7 Å². The summed E-state index contributed by atoms with van der Waals surface area (Å²) in [4.78, 5) is 30.2. The molecule has 1 saturated heterocycles. The van der Waals surface area contributed by atoms with Crippen molar-refractivity contribution in [3.05, 3.63) is 40.7 Å². The molecular formula is C14H14ClN5O3. The zero-order valence-electron chi connectivity index (χ0n) is 12.1. The summed E-state index contributed by atoms with van der Waals surface area (Å²) < 4.78 is 6.10. The van der Waals surface area contributed by atoms with Crippen LogP contribution in [0.15, 0.2) is 24.3 Å². The van der Waals surface area contributed by atoms with Crippen molar-refractivity contribution in [2.24, 2.45) is 0 Å². The molecule has 1 fully saturated rings. The lowest BCUT2D eigenvalue weighted by atomic mass is 10.2. The number of hydrogen-bond acceptors (Lipinski definition) is 6. The first-order valence-electron chi connectivity index (χ1n) is 6.96. The first-order chi connectivity index (χ1) is 11.1. The maximum absolute atomic E-state index is 12.4. The standard InChI is InChI=1S/C14H14ClN5O3/c15-10-3-1-9(2-4-10)12(21)20-14(16)17-11(18-20)13(22)19-5-7-23-8-6-19/h1-4H,5-8H2,(H2,16,17,18). The van der Waals surface area contributed by atoms with Gasteiger partial charge in [0.15, 0.2) is 0 Å². The van der Waals surface area contributed by atoms with Crippen LogP contribution in [0.3, 0.4) is 0 Å². The van der Waals surface area contributed by atoms with Crippen molar-refractivity contribution in [1.29, 1.82) is 0 Å². The molecule has 0 radical (unpaired) electrons. The molecular weight excluding hydrogens is 322 g/mol. The predicted octanol–water partition coefficient (Wildman–Crippen LogP) is 0.675. The zero-order valence-corrected chi connectivity index (χ0v) is 12.9. The highest BCUT2D eigenvalue weighted by Gasteiger charge is 2.25. The van der Waals surface area contributed by atoms with Crippen LogP contribution in [0.25, 0.3) is 0 Å². The van der Waals surface area contributed by atoms with E-state index < -0.39 is 5.91 Å². The normalized spacial score (nSPS) is 14.7. The van der Waals surface area contributed by atoms with E-state index >= 15 is 0 Å². The summed E-state index contributed by atoms with van der Waals surface area (Å²) in [7, 11) is 0. The van der Waals surface area contributed by atoms with E-state index in [2.05, 4.69) is 10.1 Å². The van der Waals surface area contributed by atoms with Crippen LogP contribution < -0.4 is 5.73 Å². The first-order valence-corrected chi connectivity index (χ1v) is 7.34. The molecule has 1 aromatic heterocycles. The van der Waals surface area contributed by atoms with Gasteiger partial charge < -0.3 is 15.4 Å². The van der Waals surface area contributed by atoms with Crippen LogP contribution in [0.5, 0.6) is 0 Å². The second kappa shape index (κ2) is 6.35. The van der Waals surface area contributed by atoms with Crippen LogP contribution >= 0.6 is 11.6 Å². The Kier molecular flexibility index (Phi) is 4.26. The minimum Gasteiger partial charge on any atom is -0.378 e. The lowest BCUT2D eigenvalue weighted by molar-refractivity contribution is 0.0295. The SMILES string of the molecule is Nc1nc(C(=O)N2CCOCC2)nn1C(=O)c1ccc(Cl)cc1. The molecule has 8 nitrogen and oxygen atoms in total. The highest BCUT2D eigenvalue weighted by molar-refractivity contribution is 6.30. The first kappa shape index (κ1) is 15.4. The number of amides is 1. The second-order valence-electron chi connectivity index (χ2n) is 4.92. The van der Waals surface area contributed by atoms with Crippen molar-refractivity contribution >= 4 is 29.4 Å². The van der Waals surface area contributed by atoms with E-state index in [9.17, 15) is 9.59 Å². The number of benzene rings is 1. The van der Waals surface area contributed by atoms with Gasteiger partial charge in [0.25, 0.3) is 11.8 Å². The summed E-state index contributed by atoms with van der Waals surface area (Å²) >= 11 is 5.79. The lowest BCUT2D eigenvalue weighted by Gasteiger charge is -2.25. The number of nitrogens with zero attached hydrogens (tertiary/aromatic N) is 4. The molecule has 0 aliphatic carbocycles. The Morgan fingerprint density at radius 3 is 2.43 bits per heavy atom. The number of ether oxygens (including phenoxy) is 1. The molecule has 23 heavy (non-hydrogen) atoms. The third kappa shape index (κ3) is 3.17. The van der Waals surface area contributed by atoms with Crippen LogP contribution in [0, 0.1) is 0 Å². The second-order valence-corrected chi connectivity index (χ2v) is 5.36.